The summed E-state index contributed by atoms with van der Waals surface area (Å²) < 4.78 is 5.59. The van der Waals surface area contributed by atoms with Crippen molar-refractivity contribution in [1.29, 1.82) is 0 Å². The minimum Gasteiger partial charge on any atom is -0.490 e. The van der Waals surface area contributed by atoms with Crippen molar-refractivity contribution in [2.75, 3.05) is 20.2 Å². The molecule has 1 aromatic heterocycles. The molecule has 1 unspecified atom stereocenters. The standard InChI is InChI=1S/C17H30N4O/c1-14(8-9-17(2,3)4)21-16(18-5)20-11-12-22-15-7-6-10-19-13-15/h6-7,10,13-14H,8-9,11-12H2,1-5H3,(H2,18,20,21). The van der Waals surface area contributed by atoms with Crippen LogP contribution < -0.4 is 15.4 Å². The van der Waals surface area contributed by atoms with Gasteiger partial charge >= 0.3 is 0 Å². The van der Waals surface area contributed by atoms with Crippen molar-refractivity contribution < 1.29 is 4.74 Å². The van der Waals surface area contributed by atoms with Gasteiger partial charge in [-0.15, -0.1) is 0 Å². The fourth-order valence-electron chi connectivity index (χ4n) is 1.92. The predicted octanol–water partition coefficient (Wildman–Crippen LogP) is 2.84. The molecule has 22 heavy (non-hydrogen) atoms. The Kier molecular flexibility index (Phi) is 7.71. The molecule has 0 radical (unpaired) electrons. The molecular weight excluding hydrogens is 276 g/mol. The van der Waals surface area contributed by atoms with Crippen LogP contribution in [-0.4, -0.2) is 37.2 Å². The van der Waals surface area contributed by atoms with Crippen LogP contribution in [0.2, 0.25) is 0 Å². The number of rotatable bonds is 7. The molecule has 1 atom stereocenters. The van der Waals surface area contributed by atoms with Crippen LogP contribution in [0.25, 0.3) is 0 Å². The van der Waals surface area contributed by atoms with Gasteiger partial charge in [-0.2, -0.15) is 0 Å². The average Bonchev–Trinajstić information content (AvgIpc) is 2.48. The lowest BCUT2D eigenvalue weighted by atomic mass is 9.89. The Hall–Kier alpha value is -1.78. The Balaban J connectivity index is 2.22. The van der Waals surface area contributed by atoms with Gasteiger partial charge in [-0.25, -0.2) is 0 Å². The third kappa shape index (κ3) is 8.49. The zero-order valence-electron chi connectivity index (χ0n) is 14.5. The van der Waals surface area contributed by atoms with Crippen LogP contribution >= 0.6 is 0 Å². The smallest absolute Gasteiger partial charge is 0.191 e. The fourth-order valence-corrected chi connectivity index (χ4v) is 1.92. The van der Waals surface area contributed by atoms with E-state index in [-0.39, 0.29) is 0 Å². The van der Waals surface area contributed by atoms with E-state index in [2.05, 4.69) is 48.3 Å². The highest BCUT2D eigenvalue weighted by Gasteiger charge is 2.13. The Morgan fingerprint density at radius 3 is 2.77 bits per heavy atom. The van der Waals surface area contributed by atoms with Crippen LogP contribution in [0.4, 0.5) is 0 Å². The van der Waals surface area contributed by atoms with E-state index in [1.165, 1.54) is 6.42 Å². The van der Waals surface area contributed by atoms with Crippen LogP contribution in [0.3, 0.4) is 0 Å². The number of aromatic nitrogens is 1. The van der Waals surface area contributed by atoms with E-state index < -0.39 is 0 Å². The van der Waals surface area contributed by atoms with Crippen LogP contribution in [0, 0.1) is 5.41 Å². The first-order valence-electron chi connectivity index (χ1n) is 7.91. The van der Waals surface area contributed by atoms with Gasteiger partial charge in [-0.05, 0) is 37.3 Å². The molecule has 1 rings (SSSR count). The zero-order chi connectivity index (χ0) is 16.4. The molecule has 0 fully saturated rings. The first-order chi connectivity index (χ1) is 10.4. The normalized spacial score (nSPS) is 13.6. The predicted molar refractivity (Wildman–Crippen MR) is 92.4 cm³/mol. The fraction of sp³-hybridized carbons (Fsp3) is 0.647. The molecule has 0 aromatic carbocycles. The maximum Gasteiger partial charge on any atom is 0.191 e. The summed E-state index contributed by atoms with van der Waals surface area (Å²) in [7, 11) is 1.79. The Labute approximate surface area is 134 Å². The number of nitrogens with zero attached hydrogens (tertiary/aromatic N) is 2. The van der Waals surface area contributed by atoms with Crippen LogP contribution in [0.15, 0.2) is 29.5 Å². The third-order valence-electron chi connectivity index (χ3n) is 3.23. The molecule has 0 aliphatic carbocycles. The Morgan fingerprint density at radius 2 is 2.18 bits per heavy atom. The molecule has 0 aliphatic rings. The van der Waals surface area contributed by atoms with Crippen molar-refractivity contribution in [3.63, 3.8) is 0 Å². The largest absolute Gasteiger partial charge is 0.490 e. The minimum atomic E-state index is 0.366. The van der Waals surface area contributed by atoms with Gasteiger partial charge in [-0.3, -0.25) is 9.98 Å². The van der Waals surface area contributed by atoms with E-state index in [9.17, 15) is 0 Å². The van der Waals surface area contributed by atoms with Crippen LogP contribution in [-0.2, 0) is 0 Å². The second-order valence-corrected chi connectivity index (χ2v) is 6.68. The average molecular weight is 306 g/mol. The van der Waals surface area contributed by atoms with E-state index in [1.807, 2.05) is 12.1 Å². The molecule has 0 spiro atoms. The third-order valence-corrected chi connectivity index (χ3v) is 3.23. The summed E-state index contributed by atoms with van der Waals surface area (Å²) in [6.07, 6.45) is 5.75. The molecular formula is C17H30N4O. The summed E-state index contributed by atoms with van der Waals surface area (Å²) in [5, 5.41) is 6.67. The Bertz CT molecular complexity index is 440. The topological polar surface area (TPSA) is 58.5 Å². The Morgan fingerprint density at radius 1 is 1.41 bits per heavy atom. The van der Waals surface area contributed by atoms with Crippen molar-refractivity contribution >= 4 is 5.96 Å². The summed E-state index contributed by atoms with van der Waals surface area (Å²) in [5.41, 5.74) is 0.366. The van der Waals surface area contributed by atoms with Crippen LogP contribution in [0.1, 0.15) is 40.5 Å². The summed E-state index contributed by atoms with van der Waals surface area (Å²) in [5.74, 6) is 1.60. The summed E-state index contributed by atoms with van der Waals surface area (Å²) in [4.78, 5) is 8.26. The van der Waals surface area contributed by atoms with Gasteiger partial charge in [-0.1, -0.05) is 20.8 Å². The highest BCUT2D eigenvalue weighted by atomic mass is 16.5. The first-order valence-corrected chi connectivity index (χ1v) is 7.91. The molecule has 1 heterocycles. The maximum absolute atomic E-state index is 5.59. The van der Waals surface area contributed by atoms with Gasteiger partial charge in [0, 0.05) is 19.3 Å². The quantitative estimate of drug-likeness (QED) is 0.462. The van der Waals surface area contributed by atoms with Gasteiger partial charge in [0.15, 0.2) is 5.96 Å². The summed E-state index contributed by atoms with van der Waals surface area (Å²) in [6.45, 7) is 10.3. The molecule has 0 aliphatic heterocycles. The molecule has 0 bridgehead atoms. The lowest BCUT2D eigenvalue weighted by molar-refractivity contribution is 0.319. The van der Waals surface area contributed by atoms with Crippen molar-refractivity contribution in [2.45, 2.75) is 46.6 Å². The lowest BCUT2D eigenvalue weighted by Gasteiger charge is -2.23. The summed E-state index contributed by atoms with van der Waals surface area (Å²) >= 11 is 0. The number of ether oxygens (including phenoxy) is 1. The second-order valence-electron chi connectivity index (χ2n) is 6.68. The SMILES string of the molecule is CN=C(NCCOc1cccnc1)NC(C)CCC(C)(C)C. The van der Waals surface area contributed by atoms with Gasteiger partial charge in [0.05, 0.1) is 12.7 Å². The molecule has 0 saturated heterocycles. The second kappa shape index (κ2) is 9.28. The number of hydrogen-bond donors (Lipinski definition) is 2. The first kappa shape index (κ1) is 18.3. The molecule has 5 heteroatoms. The van der Waals surface area contributed by atoms with Crippen molar-refractivity contribution in [1.82, 2.24) is 15.6 Å². The van der Waals surface area contributed by atoms with E-state index in [0.29, 0.717) is 24.6 Å². The highest BCUT2D eigenvalue weighted by molar-refractivity contribution is 5.79. The van der Waals surface area contributed by atoms with Crippen molar-refractivity contribution in [3.8, 4) is 5.75 Å². The number of hydrogen-bond acceptors (Lipinski definition) is 3. The van der Waals surface area contributed by atoms with Gasteiger partial charge in [0.25, 0.3) is 0 Å². The molecule has 1 aromatic rings. The number of guanidine groups is 1. The number of aliphatic imine (C=N–C) groups is 1. The molecule has 5 nitrogen and oxygen atoms in total. The van der Waals surface area contributed by atoms with E-state index in [4.69, 9.17) is 4.74 Å². The molecule has 0 amide bonds. The van der Waals surface area contributed by atoms with E-state index in [0.717, 1.165) is 18.1 Å². The van der Waals surface area contributed by atoms with Crippen molar-refractivity contribution in [3.05, 3.63) is 24.5 Å². The lowest BCUT2D eigenvalue weighted by Crippen LogP contribution is -2.43. The molecule has 0 saturated carbocycles. The van der Waals surface area contributed by atoms with E-state index in [1.54, 1.807) is 19.4 Å². The zero-order valence-corrected chi connectivity index (χ0v) is 14.5. The monoisotopic (exact) mass is 306 g/mol. The maximum atomic E-state index is 5.59. The van der Waals surface area contributed by atoms with Gasteiger partial charge < -0.3 is 15.4 Å². The number of nitrogens with one attached hydrogen (secondary N) is 2. The van der Waals surface area contributed by atoms with Gasteiger partial charge in [0.2, 0.25) is 0 Å². The van der Waals surface area contributed by atoms with Gasteiger partial charge in [0.1, 0.15) is 12.4 Å². The summed E-state index contributed by atoms with van der Waals surface area (Å²) in [6, 6.07) is 4.15. The highest BCUT2D eigenvalue weighted by Crippen LogP contribution is 2.21. The minimum absolute atomic E-state index is 0.366. The van der Waals surface area contributed by atoms with E-state index >= 15 is 0 Å². The molecule has 124 valence electrons. The van der Waals surface area contributed by atoms with Crippen LogP contribution in [0.5, 0.6) is 5.75 Å². The van der Waals surface area contributed by atoms with Crippen molar-refractivity contribution in [2.24, 2.45) is 10.4 Å². The molecule has 2 N–H and O–H groups in total. The number of pyridine rings is 1.